The van der Waals surface area contributed by atoms with E-state index in [4.69, 9.17) is 15.6 Å². The minimum atomic E-state index is -1.10. The molecule has 0 bridgehead atoms. The number of carbonyl (C=O) groups is 2. The number of alkyl carbamates (subject to hydrolysis) is 1. The van der Waals surface area contributed by atoms with Crippen LogP contribution in [-0.2, 0) is 16.1 Å². The molecule has 0 unspecified atom stereocenters. The van der Waals surface area contributed by atoms with E-state index in [1.807, 2.05) is 0 Å². The maximum absolute atomic E-state index is 11.5. The molecule has 1 heterocycles. The molecule has 7 nitrogen and oxygen atoms in total. The largest absolute Gasteiger partial charge is 0.480 e. The van der Waals surface area contributed by atoms with Gasteiger partial charge in [-0.15, -0.1) is 0 Å². The number of nitrogens with two attached hydrogens (primary N) is 1. The van der Waals surface area contributed by atoms with E-state index in [2.05, 4.69) is 10.3 Å². The van der Waals surface area contributed by atoms with Gasteiger partial charge in [-0.25, -0.2) is 9.59 Å². The van der Waals surface area contributed by atoms with E-state index < -0.39 is 18.1 Å². The van der Waals surface area contributed by atoms with Gasteiger partial charge in [0.05, 0.1) is 5.69 Å². The summed E-state index contributed by atoms with van der Waals surface area (Å²) in [5.41, 5.74) is 6.62. The van der Waals surface area contributed by atoms with E-state index in [9.17, 15) is 9.59 Å². The summed E-state index contributed by atoms with van der Waals surface area (Å²) in [4.78, 5) is 26.2. The molecule has 0 spiro atoms. The van der Waals surface area contributed by atoms with Crippen molar-refractivity contribution in [1.29, 1.82) is 0 Å². The average molecular weight is 267 g/mol. The van der Waals surface area contributed by atoms with Crippen molar-refractivity contribution in [2.45, 2.75) is 26.5 Å². The van der Waals surface area contributed by atoms with Crippen molar-refractivity contribution in [2.75, 3.05) is 5.73 Å². The number of nitrogens with one attached hydrogen (secondary N) is 1. The van der Waals surface area contributed by atoms with Crippen LogP contribution >= 0.6 is 0 Å². The SMILES string of the molecule is CC(C)[C@H](NC(=O)OCc1cncc(N)c1)C(=O)O. The highest BCUT2D eigenvalue weighted by Crippen LogP contribution is 2.06. The van der Waals surface area contributed by atoms with E-state index >= 15 is 0 Å². The lowest BCUT2D eigenvalue weighted by molar-refractivity contribution is -0.140. The molecule has 1 atom stereocenters. The third-order valence-corrected chi connectivity index (χ3v) is 2.39. The van der Waals surface area contributed by atoms with Gasteiger partial charge in [0.2, 0.25) is 0 Å². The number of anilines is 1. The topological polar surface area (TPSA) is 115 Å². The standard InChI is InChI=1S/C12H17N3O4/c1-7(2)10(11(16)17)15-12(18)19-6-8-3-9(13)5-14-4-8/h3-5,7,10H,6,13H2,1-2H3,(H,15,18)(H,16,17)/t10-/m0/s1. The third kappa shape index (κ3) is 4.82. The summed E-state index contributed by atoms with van der Waals surface area (Å²) in [6.45, 7) is 3.37. The van der Waals surface area contributed by atoms with Gasteiger partial charge in [0, 0.05) is 18.0 Å². The molecule has 0 aromatic carbocycles. The fraction of sp³-hybridized carbons (Fsp3) is 0.417. The Morgan fingerprint density at radius 2 is 2.16 bits per heavy atom. The third-order valence-electron chi connectivity index (χ3n) is 2.39. The summed E-state index contributed by atoms with van der Waals surface area (Å²) in [5.74, 6) is -1.34. The monoisotopic (exact) mass is 267 g/mol. The first-order valence-electron chi connectivity index (χ1n) is 5.75. The number of aromatic nitrogens is 1. The van der Waals surface area contributed by atoms with Gasteiger partial charge in [0.1, 0.15) is 12.6 Å². The van der Waals surface area contributed by atoms with E-state index in [1.54, 1.807) is 19.9 Å². The molecule has 0 saturated carbocycles. The normalized spacial score (nSPS) is 11.9. The molecular weight excluding hydrogens is 250 g/mol. The Bertz CT molecular complexity index is 462. The van der Waals surface area contributed by atoms with Crippen molar-refractivity contribution in [2.24, 2.45) is 5.92 Å². The predicted molar refractivity (Wildman–Crippen MR) is 68.2 cm³/mol. The van der Waals surface area contributed by atoms with Crippen LogP contribution in [0.15, 0.2) is 18.5 Å². The number of pyridine rings is 1. The predicted octanol–water partition coefficient (Wildman–Crippen LogP) is 0.999. The van der Waals surface area contributed by atoms with Gasteiger partial charge in [-0.1, -0.05) is 13.8 Å². The average Bonchev–Trinajstić information content (AvgIpc) is 2.32. The molecule has 0 aliphatic carbocycles. The van der Waals surface area contributed by atoms with Crippen LogP contribution in [0.1, 0.15) is 19.4 Å². The summed E-state index contributed by atoms with van der Waals surface area (Å²) in [6.07, 6.45) is 2.20. The van der Waals surface area contributed by atoms with E-state index in [1.165, 1.54) is 12.4 Å². The van der Waals surface area contributed by atoms with Crippen molar-refractivity contribution in [3.63, 3.8) is 0 Å². The van der Waals surface area contributed by atoms with Crippen molar-refractivity contribution in [1.82, 2.24) is 10.3 Å². The van der Waals surface area contributed by atoms with Crippen molar-refractivity contribution >= 4 is 17.7 Å². The van der Waals surface area contributed by atoms with Crippen molar-refractivity contribution in [3.05, 3.63) is 24.0 Å². The van der Waals surface area contributed by atoms with Gasteiger partial charge < -0.3 is 20.9 Å². The summed E-state index contributed by atoms with van der Waals surface area (Å²) < 4.78 is 4.90. The summed E-state index contributed by atoms with van der Waals surface area (Å²) in [7, 11) is 0. The van der Waals surface area contributed by atoms with E-state index in [0.29, 0.717) is 11.3 Å². The van der Waals surface area contributed by atoms with Crippen molar-refractivity contribution < 1.29 is 19.4 Å². The number of hydrogen-bond donors (Lipinski definition) is 3. The molecule has 19 heavy (non-hydrogen) atoms. The van der Waals surface area contributed by atoms with Gasteiger partial charge in [-0.3, -0.25) is 4.98 Å². The first kappa shape index (κ1) is 14.7. The van der Waals surface area contributed by atoms with Crippen LogP contribution in [0.5, 0.6) is 0 Å². The Labute approximate surface area is 110 Å². The molecule has 1 aromatic rings. The van der Waals surface area contributed by atoms with Crippen LogP contribution in [0.25, 0.3) is 0 Å². The number of nitrogen functional groups attached to an aromatic ring is 1. The molecule has 104 valence electrons. The number of nitrogens with zero attached hydrogens (tertiary/aromatic N) is 1. The second-order valence-electron chi connectivity index (χ2n) is 4.41. The molecule has 0 radical (unpaired) electrons. The lowest BCUT2D eigenvalue weighted by Crippen LogP contribution is -2.44. The van der Waals surface area contributed by atoms with Gasteiger partial charge in [0.25, 0.3) is 0 Å². The molecule has 1 aromatic heterocycles. The van der Waals surface area contributed by atoms with E-state index in [-0.39, 0.29) is 12.5 Å². The highest BCUT2D eigenvalue weighted by molar-refractivity contribution is 5.80. The lowest BCUT2D eigenvalue weighted by atomic mass is 10.1. The van der Waals surface area contributed by atoms with Crippen LogP contribution in [0.2, 0.25) is 0 Å². The number of carboxylic acid groups (broad SMARTS) is 1. The molecule has 7 heteroatoms. The molecule has 0 aliphatic rings. The second kappa shape index (κ2) is 6.58. The van der Waals surface area contributed by atoms with Gasteiger partial charge >= 0.3 is 12.1 Å². The number of rotatable bonds is 5. The van der Waals surface area contributed by atoms with Crippen LogP contribution in [0.4, 0.5) is 10.5 Å². The van der Waals surface area contributed by atoms with Crippen molar-refractivity contribution in [3.8, 4) is 0 Å². The molecular formula is C12H17N3O4. The fourth-order valence-electron chi connectivity index (χ4n) is 1.42. The maximum atomic E-state index is 11.5. The number of ether oxygens (including phenoxy) is 1. The number of hydrogen-bond acceptors (Lipinski definition) is 5. The fourth-order valence-corrected chi connectivity index (χ4v) is 1.42. The maximum Gasteiger partial charge on any atom is 0.408 e. The Morgan fingerprint density at radius 3 is 2.68 bits per heavy atom. The minimum Gasteiger partial charge on any atom is -0.480 e. The first-order valence-corrected chi connectivity index (χ1v) is 5.75. The Hall–Kier alpha value is -2.31. The number of carbonyl (C=O) groups excluding carboxylic acids is 1. The van der Waals surface area contributed by atoms with Crippen LogP contribution in [0.3, 0.4) is 0 Å². The Balaban J connectivity index is 2.49. The molecule has 0 fully saturated rings. The molecule has 1 rings (SSSR count). The second-order valence-corrected chi connectivity index (χ2v) is 4.41. The van der Waals surface area contributed by atoms with Crippen LogP contribution < -0.4 is 11.1 Å². The zero-order valence-electron chi connectivity index (χ0n) is 10.8. The van der Waals surface area contributed by atoms with Gasteiger partial charge in [-0.2, -0.15) is 0 Å². The molecule has 1 amide bonds. The lowest BCUT2D eigenvalue weighted by Gasteiger charge is -2.17. The summed E-state index contributed by atoms with van der Waals surface area (Å²) in [6, 6.07) is 0.642. The smallest absolute Gasteiger partial charge is 0.408 e. The molecule has 0 aliphatic heterocycles. The summed E-state index contributed by atoms with van der Waals surface area (Å²) in [5, 5.41) is 11.2. The van der Waals surface area contributed by atoms with E-state index in [0.717, 1.165) is 0 Å². The van der Waals surface area contributed by atoms with Crippen LogP contribution in [0, 0.1) is 5.92 Å². The summed E-state index contributed by atoms with van der Waals surface area (Å²) >= 11 is 0. The first-order chi connectivity index (χ1) is 8.90. The number of carboxylic acids is 1. The zero-order valence-corrected chi connectivity index (χ0v) is 10.8. The number of amides is 1. The minimum absolute atomic E-state index is 0.0195. The van der Waals surface area contributed by atoms with Crippen LogP contribution in [-0.4, -0.2) is 28.2 Å². The Morgan fingerprint density at radius 1 is 1.47 bits per heavy atom. The van der Waals surface area contributed by atoms with Gasteiger partial charge in [0.15, 0.2) is 0 Å². The zero-order chi connectivity index (χ0) is 14.4. The Kier molecular flexibility index (Phi) is 5.11. The van der Waals surface area contributed by atoms with Gasteiger partial charge in [-0.05, 0) is 12.0 Å². The molecule has 0 saturated heterocycles. The quantitative estimate of drug-likeness (QED) is 0.733. The highest BCUT2D eigenvalue weighted by Gasteiger charge is 2.23. The molecule has 4 N–H and O–H groups in total. The highest BCUT2D eigenvalue weighted by atomic mass is 16.5. The number of aliphatic carboxylic acids is 1.